The first-order valence-corrected chi connectivity index (χ1v) is 31.6. The average Bonchev–Trinajstić information content (AvgIpc) is 1.72. The van der Waals surface area contributed by atoms with E-state index in [4.69, 9.17) is 40.1 Å². The number of guanidine groups is 3. The van der Waals surface area contributed by atoms with Crippen LogP contribution in [-0.2, 0) is 67.3 Å². The van der Waals surface area contributed by atoms with Gasteiger partial charge in [-0.3, -0.25) is 58.1 Å². The average molecular weight is 1290 g/mol. The maximum Gasteiger partial charge on any atom is 0.326 e. The number of fused-ring (bicyclic) bond motifs is 2. The van der Waals surface area contributed by atoms with Crippen LogP contribution in [0.3, 0.4) is 0 Å². The predicted molar refractivity (Wildman–Crippen MR) is 333 cm³/mol. The summed E-state index contributed by atoms with van der Waals surface area (Å²) in [6.45, 7) is -1.46. The Hall–Kier alpha value is -8.69. The molecule has 1 saturated carbocycles. The largest absolute Gasteiger partial charge is 0.480 e. The SMILES string of the molecule is NC(N)=NCCCC(NC(=O)[C@@H]1C[C@@H]2CCC[C@@H]2N1C(=O)[C@H]1Cc2ccccc2CN1C(=O)[C@H](CO)NC(=O)[C@H](Cc1cccs1)NC(=O)CNC(=O)[C@@H]1C[C@@H](O)CN1C(=O)[C@@H]1CCCN1C(=O)[C@H](CCCN=C(N)N)NC(=O)[C@H](N)CCCN=C(N)N)C(=O)O. The van der Waals surface area contributed by atoms with Crippen molar-refractivity contribution in [3.8, 4) is 0 Å². The molecule has 22 N–H and O–H groups in total. The molecule has 4 fully saturated rings. The van der Waals surface area contributed by atoms with Gasteiger partial charge in [0, 0.05) is 69.4 Å². The van der Waals surface area contributed by atoms with Gasteiger partial charge in [0.2, 0.25) is 53.2 Å². The summed E-state index contributed by atoms with van der Waals surface area (Å²) in [5.74, 6) is -8.34. The Bertz CT molecular complexity index is 3030. The van der Waals surface area contributed by atoms with Crippen LogP contribution in [0.15, 0.2) is 56.8 Å². The quantitative estimate of drug-likeness (QED) is 0.0197. The Morgan fingerprint density at radius 2 is 1.26 bits per heavy atom. The number of nitrogens with one attached hydrogen (secondary N) is 5. The summed E-state index contributed by atoms with van der Waals surface area (Å²) in [7, 11) is 0. The van der Waals surface area contributed by atoms with E-state index < -0.39 is 133 Å². The monoisotopic (exact) mass is 1290 g/mol. The second kappa shape index (κ2) is 32.9. The molecule has 0 bridgehead atoms. The number of aliphatic carboxylic acids is 1. The second-order valence-corrected chi connectivity index (χ2v) is 24.6. The molecular weight excluding hydrogens is 1200 g/mol. The standard InChI is InChI=1S/C58H87N19O13S/c59-36(13-4-18-66-56(60)61)47(81)71-37(14-5-19-67-57(62)63)51(85)74-21-7-17-42(74)53(87)76-29-34(79)25-43(76)49(83)69-27-46(80)70-39(26-35-12-8-22-91-35)48(82)73-40(30-78)52(86)75-28-33-10-2-1-9-31(33)23-45(75)54(88)77-41-16-3-11-32(41)24-44(77)50(84)72-38(55(89)90)15-6-20-68-58(64)65/h1-2,8-10,12,22,32,34,36-45,78-79H,3-7,11,13-21,23-30,59H2,(H,69,83)(H,70,80)(H,71,81)(H,72,84)(H,73,82)(H,89,90)(H4,60,61,66)(H4,62,63,67)(H4,64,65,68)/t32-,34+,36+,37-,38?,39-,40-,41-,42-,43-,44-,45+/m0/s1. The number of benzene rings is 1. The molecule has 0 radical (unpaired) electrons. The van der Waals surface area contributed by atoms with Gasteiger partial charge in [-0.2, -0.15) is 0 Å². The number of carboxylic acid groups (broad SMARTS) is 1. The molecule has 0 spiro atoms. The highest BCUT2D eigenvalue weighted by atomic mass is 32.1. The summed E-state index contributed by atoms with van der Waals surface area (Å²) < 4.78 is 0. The smallest absolute Gasteiger partial charge is 0.326 e. The molecule has 3 saturated heterocycles. The van der Waals surface area contributed by atoms with Crippen molar-refractivity contribution in [3.63, 3.8) is 0 Å². The minimum absolute atomic E-state index is 0.00000960. The molecule has 1 aromatic heterocycles. The van der Waals surface area contributed by atoms with Gasteiger partial charge in [0.25, 0.3) is 0 Å². The summed E-state index contributed by atoms with van der Waals surface area (Å²) in [6.07, 6.45) is 2.56. The lowest BCUT2D eigenvalue weighted by atomic mass is 9.92. The number of hydrogen-bond acceptors (Lipinski definition) is 17. The zero-order valence-electron chi connectivity index (χ0n) is 50.7. The fraction of sp³-hybridized carbons (Fsp3) is 0.603. The van der Waals surface area contributed by atoms with Crippen LogP contribution in [0.25, 0.3) is 0 Å². The molecule has 5 aliphatic rings. The Morgan fingerprint density at radius 1 is 0.626 bits per heavy atom. The summed E-state index contributed by atoms with van der Waals surface area (Å²) in [6, 6.07) is -1.06. The number of carbonyl (C=O) groups excluding carboxylic acids is 9. The number of aliphatic hydroxyl groups excluding tert-OH is 2. The molecule has 12 atom stereocenters. The maximum atomic E-state index is 15.2. The van der Waals surface area contributed by atoms with Crippen LogP contribution in [0.1, 0.15) is 99.5 Å². The van der Waals surface area contributed by atoms with E-state index in [2.05, 4.69) is 41.6 Å². The zero-order valence-corrected chi connectivity index (χ0v) is 51.6. The third-order valence-electron chi connectivity index (χ3n) is 17.2. The molecule has 1 aromatic carbocycles. The van der Waals surface area contributed by atoms with E-state index in [0.29, 0.717) is 29.7 Å². The number of rotatable bonds is 30. The maximum absolute atomic E-state index is 15.2. The van der Waals surface area contributed by atoms with E-state index in [9.17, 15) is 58.5 Å². The normalized spacial score (nSPS) is 22.4. The van der Waals surface area contributed by atoms with Crippen molar-refractivity contribution in [3.05, 3.63) is 57.8 Å². The second-order valence-electron chi connectivity index (χ2n) is 23.6. The lowest BCUT2D eigenvalue weighted by Crippen LogP contribution is -2.62. The minimum atomic E-state index is -1.66. The van der Waals surface area contributed by atoms with Crippen molar-refractivity contribution >= 4 is 88.3 Å². The molecule has 4 aliphatic heterocycles. The molecule has 32 nitrogen and oxygen atoms in total. The third kappa shape index (κ3) is 18.7. The van der Waals surface area contributed by atoms with Crippen LogP contribution in [0.5, 0.6) is 0 Å². The summed E-state index contributed by atoms with van der Waals surface area (Å²) in [5, 5.41) is 46.6. The highest BCUT2D eigenvalue weighted by Gasteiger charge is 2.53. The van der Waals surface area contributed by atoms with Crippen LogP contribution < -0.4 is 66.7 Å². The first kappa shape index (κ1) is 69.8. The molecule has 498 valence electrons. The predicted octanol–water partition coefficient (Wildman–Crippen LogP) is -5.41. The molecule has 33 heteroatoms. The highest BCUT2D eigenvalue weighted by molar-refractivity contribution is 7.09. The van der Waals surface area contributed by atoms with Crippen molar-refractivity contribution in [1.29, 1.82) is 0 Å². The van der Waals surface area contributed by atoms with Crippen LogP contribution >= 0.6 is 11.3 Å². The Morgan fingerprint density at radius 3 is 1.90 bits per heavy atom. The number of carboxylic acids is 1. The van der Waals surface area contributed by atoms with Crippen molar-refractivity contribution in [2.24, 2.45) is 61.0 Å². The number of carbonyl (C=O) groups is 10. The van der Waals surface area contributed by atoms with Crippen molar-refractivity contribution in [2.45, 2.75) is 169 Å². The van der Waals surface area contributed by atoms with Gasteiger partial charge in [-0.1, -0.05) is 36.8 Å². The Kier molecular flexibility index (Phi) is 25.2. The van der Waals surface area contributed by atoms with Crippen LogP contribution in [0.4, 0.5) is 0 Å². The highest BCUT2D eigenvalue weighted by Crippen LogP contribution is 2.43. The first-order chi connectivity index (χ1) is 43.4. The van der Waals surface area contributed by atoms with E-state index >= 15 is 4.79 Å². The molecule has 9 amide bonds. The topological polar surface area (TPSA) is 524 Å². The number of aliphatic imine (C=N–C) groups is 3. The number of thiophene rings is 1. The van der Waals surface area contributed by atoms with Crippen molar-refractivity contribution in [1.82, 2.24) is 46.2 Å². The van der Waals surface area contributed by atoms with E-state index in [1.54, 1.807) is 35.7 Å². The molecule has 1 aliphatic carbocycles. The van der Waals surface area contributed by atoms with E-state index in [1.807, 2.05) is 6.07 Å². The van der Waals surface area contributed by atoms with Gasteiger partial charge in [0.15, 0.2) is 17.9 Å². The van der Waals surface area contributed by atoms with Gasteiger partial charge < -0.3 is 102 Å². The molecule has 7 rings (SSSR count). The Balaban J connectivity index is 1.01. The molecule has 2 aromatic rings. The fourth-order valence-corrected chi connectivity index (χ4v) is 13.5. The minimum Gasteiger partial charge on any atom is -0.480 e. The van der Waals surface area contributed by atoms with E-state index in [-0.39, 0.29) is 133 Å². The van der Waals surface area contributed by atoms with Crippen molar-refractivity contribution in [2.75, 3.05) is 45.9 Å². The van der Waals surface area contributed by atoms with Crippen LogP contribution in [-0.4, -0.2) is 224 Å². The van der Waals surface area contributed by atoms with Crippen LogP contribution in [0, 0.1) is 5.92 Å². The zero-order chi connectivity index (χ0) is 66.1. The summed E-state index contributed by atoms with van der Waals surface area (Å²) in [4.78, 5) is 159. The summed E-state index contributed by atoms with van der Waals surface area (Å²) >= 11 is 1.27. The molecule has 91 heavy (non-hydrogen) atoms. The number of amides is 9. The number of aliphatic hydroxyl groups is 2. The van der Waals surface area contributed by atoms with Gasteiger partial charge >= 0.3 is 5.97 Å². The number of β-amino-alcohol motifs (C(OH)–C–C–N with tert-alkyl or cyclic N) is 1. The molecule has 1 unspecified atom stereocenters. The van der Waals surface area contributed by atoms with Gasteiger partial charge in [0.05, 0.1) is 25.3 Å². The Labute approximate surface area is 529 Å². The van der Waals surface area contributed by atoms with Crippen LogP contribution in [0.2, 0.25) is 0 Å². The lowest BCUT2D eigenvalue weighted by molar-refractivity contribution is -0.153. The summed E-state index contributed by atoms with van der Waals surface area (Å²) in [5.41, 5.74) is 40.3. The van der Waals surface area contributed by atoms with E-state index in [1.165, 1.54) is 26.0 Å². The lowest BCUT2D eigenvalue weighted by Gasteiger charge is -2.41. The number of hydrogen-bond donors (Lipinski definition) is 15. The number of nitrogens with zero attached hydrogens (tertiary/aromatic N) is 7. The van der Waals surface area contributed by atoms with Gasteiger partial charge in [-0.05, 0) is 99.1 Å². The molecular formula is C58H87N19O13S. The van der Waals surface area contributed by atoms with Gasteiger partial charge in [0.1, 0.15) is 48.3 Å². The van der Waals surface area contributed by atoms with Gasteiger partial charge in [-0.25, -0.2) is 4.79 Å². The molecule has 5 heterocycles. The first-order valence-electron chi connectivity index (χ1n) is 30.7. The van der Waals surface area contributed by atoms with E-state index in [0.717, 1.165) is 23.3 Å². The number of nitrogens with two attached hydrogens (primary N) is 7. The number of likely N-dealkylation sites (tertiary alicyclic amines) is 3. The van der Waals surface area contributed by atoms with Crippen molar-refractivity contribution < 1.29 is 63.3 Å². The third-order valence-corrected chi connectivity index (χ3v) is 18.1. The fourth-order valence-electron chi connectivity index (χ4n) is 12.7. The van der Waals surface area contributed by atoms with Gasteiger partial charge in [-0.15, -0.1) is 11.3 Å².